The van der Waals surface area contributed by atoms with Crippen LogP contribution in [-0.4, -0.2) is 25.2 Å². The number of hydrogen-bond acceptors (Lipinski definition) is 8. The molecule has 0 fully saturated rings. The predicted molar refractivity (Wildman–Crippen MR) is 131 cm³/mol. The fraction of sp³-hybridized carbons (Fsp3) is 0.0833. The van der Waals surface area contributed by atoms with Gasteiger partial charge in [-0.3, -0.25) is 4.55 Å². The third-order valence-corrected chi connectivity index (χ3v) is 6.08. The topological polar surface area (TPSA) is 147 Å². The second kappa shape index (κ2) is 9.00. The van der Waals surface area contributed by atoms with Gasteiger partial charge in [-0.05, 0) is 60.3 Å². The van der Waals surface area contributed by atoms with E-state index in [1.165, 1.54) is 13.2 Å². The lowest BCUT2D eigenvalue weighted by atomic mass is 10.1. The number of aromatic hydroxyl groups is 1. The number of nitrogens with two attached hydrogens (primary N) is 1. The van der Waals surface area contributed by atoms with E-state index in [1.807, 2.05) is 30.3 Å². The lowest BCUT2D eigenvalue weighted by molar-refractivity contribution is 0.416. The molecule has 4 rings (SSSR count). The largest absolute Gasteiger partial charge is 0.505 e. The molecule has 5 N–H and O–H groups in total. The van der Waals surface area contributed by atoms with Crippen LogP contribution < -0.4 is 15.8 Å². The first-order chi connectivity index (χ1) is 16.2. The van der Waals surface area contributed by atoms with Crippen LogP contribution in [0.25, 0.3) is 10.8 Å². The summed E-state index contributed by atoms with van der Waals surface area (Å²) in [5, 5.41) is 22.8. The number of rotatable bonds is 6. The molecule has 0 aliphatic rings. The number of phenolic OH excluding ortho intramolecular Hbond substituents is 1. The monoisotopic (exact) mass is 478 g/mol. The maximum atomic E-state index is 12.1. The fourth-order valence-corrected chi connectivity index (χ4v) is 4.10. The number of aryl methyl sites for hydroxylation is 1. The number of nitrogens with zero attached hydrogens (tertiary/aromatic N) is 2. The highest BCUT2D eigenvalue weighted by Gasteiger charge is 2.22. The van der Waals surface area contributed by atoms with E-state index in [0.29, 0.717) is 33.5 Å². The summed E-state index contributed by atoms with van der Waals surface area (Å²) in [4.78, 5) is -0.579. The molecule has 4 aromatic carbocycles. The van der Waals surface area contributed by atoms with Crippen LogP contribution in [0.5, 0.6) is 11.5 Å². The Balaban J connectivity index is 1.84. The van der Waals surface area contributed by atoms with Crippen LogP contribution in [0, 0.1) is 6.92 Å². The smallest absolute Gasteiger partial charge is 0.296 e. The van der Waals surface area contributed by atoms with Crippen LogP contribution in [-0.2, 0) is 10.1 Å². The maximum Gasteiger partial charge on any atom is 0.296 e. The molecule has 0 saturated heterocycles. The van der Waals surface area contributed by atoms with E-state index < -0.39 is 26.5 Å². The SMILES string of the molecule is COc1cc(N)c(C)cc1N=Nc1c(S(=O)(=O)O)cc2cc(Nc3ccccc3)ccc2c1O. The van der Waals surface area contributed by atoms with E-state index in [4.69, 9.17) is 10.5 Å². The number of para-hydroxylation sites is 1. The van der Waals surface area contributed by atoms with Crippen LogP contribution in [0.15, 0.2) is 81.9 Å². The number of ether oxygens (including phenoxy) is 1. The Bertz CT molecular complexity index is 1520. The summed E-state index contributed by atoms with van der Waals surface area (Å²) in [7, 11) is -3.31. The maximum absolute atomic E-state index is 12.1. The molecule has 0 heterocycles. The summed E-state index contributed by atoms with van der Waals surface area (Å²) in [6.07, 6.45) is 0. The minimum absolute atomic E-state index is 0.275. The molecule has 34 heavy (non-hydrogen) atoms. The number of hydrogen-bond donors (Lipinski definition) is 4. The Morgan fingerprint density at radius 1 is 0.971 bits per heavy atom. The number of nitrogens with one attached hydrogen (secondary N) is 1. The number of phenols is 1. The first-order valence-corrected chi connectivity index (χ1v) is 11.6. The molecule has 0 radical (unpaired) electrons. The number of azo groups is 1. The van der Waals surface area contributed by atoms with Crippen molar-refractivity contribution in [2.45, 2.75) is 11.8 Å². The normalized spacial score (nSPS) is 11.7. The average Bonchev–Trinajstić information content (AvgIpc) is 2.80. The van der Waals surface area contributed by atoms with Crippen molar-refractivity contribution < 1.29 is 22.8 Å². The van der Waals surface area contributed by atoms with Gasteiger partial charge in [0.2, 0.25) is 0 Å². The van der Waals surface area contributed by atoms with Gasteiger partial charge < -0.3 is 20.9 Å². The average molecular weight is 479 g/mol. The van der Waals surface area contributed by atoms with E-state index in [-0.39, 0.29) is 5.69 Å². The van der Waals surface area contributed by atoms with Gasteiger partial charge in [-0.2, -0.15) is 8.42 Å². The Morgan fingerprint density at radius 2 is 1.71 bits per heavy atom. The molecule has 174 valence electrons. The van der Waals surface area contributed by atoms with E-state index >= 15 is 0 Å². The van der Waals surface area contributed by atoms with Gasteiger partial charge in [-0.25, -0.2) is 0 Å². The summed E-state index contributed by atoms with van der Waals surface area (Å²) in [6, 6.07) is 18.8. The second-order valence-corrected chi connectivity index (χ2v) is 8.94. The van der Waals surface area contributed by atoms with E-state index in [9.17, 15) is 18.1 Å². The van der Waals surface area contributed by atoms with Crippen molar-refractivity contribution in [3.8, 4) is 11.5 Å². The molecule has 0 aromatic heterocycles. The molecule has 0 aliphatic heterocycles. The Morgan fingerprint density at radius 3 is 2.38 bits per heavy atom. The molecule has 4 aromatic rings. The zero-order chi connectivity index (χ0) is 24.5. The van der Waals surface area contributed by atoms with Gasteiger partial charge in [0.15, 0.2) is 5.75 Å². The zero-order valence-electron chi connectivity index (χ0n) is 18.4. The molecule has 0 amide bonds. The Labute approximate surface area is 196 Å². The molecule has 9 nitrogen and oxygen atoms in total. The van der Waals surface area contributed by atoms with E-state index in [2.05, 4.69) is 15.5 Å². The number of nitrogen functional groups attached to an aromatic ring is 1. The van der Waals surface area contributed by atoms with Gasteiger partial charge in [-0.15, -0.1) is 10.2 Å². The molecule has 0 atom stereocenters. The van der Waals surface area contributed by atoms with Crippen molar-refractivity contribution in [1.82, 2.24) is 0 Å². The van der Waals surface area contributed by atoms with Crippen molar-refractivity contribution in [3.05, 3.63) is 72.3 Å². The summed E-state index contributed by atoms with van der Waals surface area (Å²) in [6.45, 7) is 1.77. The van der Waals surface area contributed by atoms with Crippen molar-refractivity contribution in [1.29, 1.82) is 0 Å². The summed E-state index contributed by atoms with van der Waals surface area (Å²) < 4.78 is 39.4. The summed E-state index contributed by atoms with van der Waals surface area (Å²) >= 11 is 0. The molecule has 0 spiro atoms. The zero-order valence-corrected chi connectivity index (χ0v) is 19.2. The minimum atomic E-state index is -4.74. The van der Waals surface area contributed by atoms with Gasteiger partial charge in [0, 0.05) is 28.5 Å². The quantitative estimate of drug-likeness (QED) is 0.154. The number of anilines is 3. The standard InChI is InChI=1S/C24H22N4O5S/c1-14-10-20(21(33-2)13-19(14)25)27-28-23-22(34(30,31)32)12-15-11-17(8-9-18(15)24(23)29)26-16-6-4-3-5-7-16/h3-13,26,29H,25H2,1-2H3,(H,30,31,32). The third kappa shape index (κ3) is 4.63. The predicted octanol–water partition coefficient (Wildman–Crippen LogP) is 5.85. The van der Waals surface area contributed by atoms with Crippen LogP contribution >= 0.6 is 0 Å². The highest BCUT2D eigenvalue weighted by molar-refractivity contribution is 7.86. The van der Waals surface area contributed by atoms with Gasteiger partial charge in [0.1, 0.15) is 22.0 Å². The molecule has 0 bridgehead atoms. The first-order valence-electron chi connectivity index (χ1n) is 10.1. The highest BCUT2D eigenvalue weighted by Crippen LogP contribution is 2.43. The van der Waals surface area contributed by atoms with Crippen LogP contribution in [0.3, 0.4) is 0 Å². The van der Waals surface area contributed by atoms with Gasteiger partial charge in [0.05, 0.1) is 7.11 Å². The summed E-state index contributed by atoms with van der Waals surface area (Å²) in [5.74, 6) is -0.122. The van der Waals surface area contributed by atoms with Crippen LogP contribution in [0.2, 0.25) is 0 Å². The van der Waals surface area contributed by atoms with Crippen LogP contribution in [0.4, 0.5) is 28.4 Å². The third-order valence-electron chi connectivity index (χ3n) is 5.22. The Kier molecular flexibility index (Phi) is 6.10. The Hall–Kier alpha value is -4.15. The molecule has 10 heteroatoms. The van der Waals surface area contributed by atoms with Crippen molar-refractivity contribution in [2.24, 2.45) is 10.2 Å². The van der Waals surface area contributed by atoms with E-state index in [1.54, 1.807) is 37.3 Å². The van der Waals surface area contributed by atoms with E-state index in [0.717, 1.165) is 5.69 Å². The minimum Gasteiger partial charge on any atom is -0.505 e. The number of fused-ring (bicyclic) bond motifs is 1. The van der Waals surface area contributed by atoms with Gasteiger partial charge in [0.25, 0.3) is 10.1 Å². The van der Waals surface area contributed by atoms with Crippen molar-refractivity contribution >= 4 is 49.3 Å². The highest BCUT2D eigenvalue weighted by atomic mass is 32.2. The van der Waals surface area contributed by atoms with Gasteiger partial charge in [-0.1, -0.05) is 18.2 Å². The van der Waals surface area contributed by atoms with Crippen molar-refractivity contribution in [2.75, 3.05) is 18.2 Å². The molecule has 0 aliphatic carbocycles. The van der Waals surface area contributed by atoms with Gasteiger partial charge >= 0.3 is 0 Å². The molecular weight excluding hydrogens is 456 g/mol. The number of benzene rings is 4. The molecular formula is C24H22N4O5S. The van der Waals surface area contributed by atoms with Crippen molar-refractivity contribution in [3.63, 3.8) is 0 Å². The first kappa shape index (κ1) is 23.0. The number of methoxy groups -OCH3 is 1. The van der Waals surface area contributed by atoms with Crippen LogP contribution in [0.1, 0.15) is 5.56 Å². The fourth-order valence-electron chi connectivity index (χ4n) is 3.44. The second-order valence-electron chi connectivity index (χ2n) is 7.55. The molecule has 0 unspecified atom stereocenters. The lowest BCUT2D eigenvalue weighted by Gasteiger charge is -2.12. The molecule has 0 saturated carbocycles. The summed E-state index contributed by atoms with van der Waals surface area (Å²) in [5.41, 5.74) is 8.47. The lowest BCUT2D eigenvalue weighted by Crippen LogP contribution is -1.99.